The van der Waals surface area contributed by atoms with E-state index in [-0.39, 0.29) is 11.5 Å². The molecule has 1 atom stereocenters. The Labute approximate surface area is 142 Å². The molecule has 1 unspecified atom stereocenters. The quantitative estimate of drug-likeness (QED) is 0.812. The molecule has 0 spiro atoms. The van der Waals surface area contributed by atoms with Crippen molar-refractivity contribution in [3.8, 4) is 5.75 Å². The van der Waals surface area contributed by atoms with Gasteiger partial charge in [0.05, 0.1) is 0 Å². The summed E-state index contributed by atoms with van der Waals surface area (Å²) in [5.41, 5.74) is 0.976. The van der Waals surface area contributed by atoms with Crippen LogP contribution in [0.2, 0.25) is 0 Å². The van der Waals surface area contributed by atoms with Gasteiger partial charge in [0.25, 0.3) is 5.91 Å². The number of rotatable bonds is 6. The van der Waals surface area contributed by atoms with E-state index in [2.05, 4.69) is 0 Å². The number of carbonyl (C=O) groups is 2. The molecule has 0 fully saturated rings. The minimum atomic E-state index is -4.48. The van der Waals surface area contributed by atoms with Gasteiger partial charge in [0.2, 0.25) is 0 Å². The third kappa shape index (κ3) is 5.63. The number of hydrogen-bond acceptors (Lipinski definition) is 3. The Morgan fingerprint density at radius 2 is 1.56 bits per heavy atom. The van der Waals surface area contributed by atoms with Gasteiger partial charge in [-0.1, -0.05) is 30.3 Å². The van der Waals surface area contributed by atoms with Crippen molar-refractivity contribution in [1.82, 2.24) is 5.32 Å². The van der Waals surface area contributed by atoms with E-state index < -0.39 is 24.7 Å². The van der Waals surface area contributed by atoms with Crippen molar-refractivity contribution in [3.63, 3.8) is 0 Å². The Kier molecular flexibility index (Phi) is 5.80. The van der Waals surface area contributed by atoms with Crippen LogP contribution in [0.5, 0.6) is 5.75 Å². The van der Waals surface area contributed by atoms with Crippen LogP contribution in [0.1, 0.15) is 22.8 Å². The zero-order chi connectivity index (χ0) is 18.4. The van der Waals surface area contributed by atoms with E-state index >= 15 is 0 Å². The highest BCUT2D eigenvalue weighted by molar-refractivity contribution is 6.08. The largest absolute Gasteiger partial charge is 0.481 e. The molecule has 0 aromatic heterocycles. The first-order chi connectivity index (χ1) is 11.8. The molecule has 0 bridgehead atoms. The lowest BCUT2D eigenvalue weighted by molar-refractivity contribution is -0.142. The minimum Gasteiger partial charge on any atom is -0.481 e. The number of carbonyl (C=O) groups excluding carboxylic acids is 2. The number of hydrogen-bond donors (Lipinski definition) is 1. The second-order valence-corrected chi connectivity index (χ2v) is 5.31. The van der Waals surface area contributed by atoms with E-state index in [0.717, 1.165) is 0 Å². The summed E-state index contributed by atoms with van der Waals surface area (Å²) in [4.78, 5) is 23.8. The Bertz CT molecular complexity index is 727. The highest BCUT2D eigenvalue weighted by Crippen LogP contribution is 2.17. The van der Waals surface area contributed by atoms with E-state index in [0.29, 0.717) is 11.1 Å². The number of ether oxygens (including phenoxy) is 1. The van der Waals surface area contributed by atoms with Gasteiger partial charge in [-0.05, 0) is 31.2 Å². The zero-order valence-electron chi connectivity index (χ0n) is 13.3. The zero-order valence-corrected chi connectivity index (χ0v) is 13.3. The fourth-order valence-corrected chi connectivity index (χ4v) is 2.03. The van der Waals surface area contributed by atoms with Crippen LogP contribution in [0.4, 0.5) is 13.2 Å². The summed E-state index contributed by atoms with van der Waals surface area (Å²) in [5.74, 6) is -0.760. The first-order valence-electron chi connectivity index (χ1n) is 7.47. The fourth-order valence-electron chi connectivity index (χ4n) is 2.03. The van der Waals surface area contributed by atoms with Crippen LogP contribution < -0.4 is 10.1 Å². The molecular weight excluding hydrogens is 335 g/mol. The third-order valence-electron chi connectivity index (χ3n) is 3.30. The number of amides is 1. The molecule has 0 aliphatic carbocycles. The first-order valence-corrected chi connectivity index (χ1v) is 7.47. The lowest BCUT2D eigenvalue weighted by Gasteiger charge is -2.15. The lowest BCUT2D eigenvalue weighted by Crippen LogP contribution is -2.41. The van der Waals surface area contributed by atoms with Crippen molar-refractivity contribution in [1.29, 1.82) is 0 Å². The molecular formula is C18H16F3NO3. The molecule has 0 saturated carbocycles. The average molecular weight is 351 g/mol. The Morgan fingerprint density at radius 3 is 2.12 bits per heavy atom. The Hall–Kier alpha value is -2.83. The van der Waals surface area contributed by atoms with Gasteiger partial charge in [0, 0.05) is 11.1 Å². The van der Waals surface area contributed by atoms with E-state index in [1.807, 2.05) is 0 Å². The SMILES string of the molecule is CC(Oc1ccc(C(=O)c2ccccc2)cc1)C(=O)NCC(F)(F)F. The molecule has 0 saturated heterocycles. The molecule has 25 heavy (non-hydrogen) atoms. The second kappa shape index (κ2) is 7.83. The van der Waals surface area contributed by atoms with Crippen molar-refractivity contribution in [2.75, 3.05) is 6.54 Å². The second-order valence-electron chi connectivity index (χ2n) is 5.31. The smallest absolute Gasteiger partial charge is 0.405 e. The number of alkyl halides is 3. The maximum atomic E-state index is 12.3. The maximum absolute atomic E-state index is 12.3. The van der Waals surface area contributed by atoms with E-state index in [1.165, 1.54) is 31.2 Å². The molecule has 132 valence electrons. The van der Waals surface area contributed by atoms with Crippen molar-refractivity contribution < 1.29 is 27.5 Å². The molecule has 1 amide bonds. The summed E-state index contributed by atoms with van der Waals surface area (Å²) in [6.07, 6.45) is -5.58. The van der Waals surface area contributed by atoms with Crippen LogP contribution in [0, 0.1) is 0 Å². The summed E-state index contributed by atoms with van der Waals surface area (Å²) >= 11 is 0. The standard InChI is InChI=1S/C18H16F3NO3/c1-12(17(24)22-11-18(19,20)21)25-15-9-7-14(8-10-15)16(23)13-5-3-2-4-6-13/h2-10,12H,11H2,1H3,(H,22,24). The van der Waals surface area contributed by atoms with Gasteiger partial charge < -0.3 is 10.1 Å². The van der Waals surface area contributed by atoms with E-state index in [1.54, 1.807) is 35.6 Å². The van der Waals surface area contributed by atoms with Crippen molar-refractivity contribution >= 4 is 11.7 Å². The van der Waals surface area contributed by atoms with Gasteiger partial charge in [-0.3, -0.25) is 9.59 Å². The summed E-state index contributed by atoms with van der Waals surface area (Å²) in [5, 5.41) is 1.75. The van der Waals surface area contributed by atoms with Crippen LogP contribution in [-0.2, 0) is 4.79 Å². The normalized spacial score (nSPS) is 12.3. The van der Waals surface area contributed by atoms with Gasteiger partial charge in [0.15, 0.2) is 11.9 Å². The molecule has 0 radical (unpaired) electrons. The van der Waals surface area contributed by atoms with Gasteiger partial charge in [-0.15, -0.1) is 0 Å². The van der Waals surface area contributed by atoms with E-state index in [4.69, 9.17) is 4.74 Å². The number of nitrogens with one attached hydrogen (secondary N) is 1. The summed E-state index contributed by atoms with van der Waals surface area (Å²) in [6.45, 7) is -0.0706. The van der Waals surface area contributed by atoms with Crippen LogP contribution in [-0.4, -0.2) is 30.5 Å². The Balaban J connectivity index is 1.96. The first kappa shape index (κ1) is 18.5. The lowest BCUT2D eigenvalue weighted by atomic mass is 10.0. The third-order valence-corrected chi connectivity index (χ3v) is 3.30. The van der Waals surface area contributed by atoms with E-state index in [9.17, 15) is 22.8 Å². The molecule has 2 rings (SSSR count). The monoisotopic (exact) mass is 351 g/mol. The van der Waals surface area contributed by atoms with Gasteiger partial charge in [0.1, 0.15) is 12.3 Å². The van der Waals surface area contributed by atoms with Crippen LogP contribution in [0.25, 0.3) is 0 Å². The van der Waals surface area contributed by atoms with Crippen molar-refractivity contribution in [2.24, 2.45) is 0 Å². The average Bonchev–Trinajstić information content (AvgIpc) is 2.59. The summed E-state index contributed by atoms with van der Waals surface area (Å²) in [6, 6.07) is 14.7. The topological polar surface area (TPSA) is 55.4 Å². The van der Waals surface area contributed by atoms with Crippen LogP contribution in [0.15, 0.2) is 54.6 Å². The minimum absolute atomic E-state index is 0.164. The maximum Gasteiger partial charge on any atom is 0.405 e. The molecule has 4 nitrogen and oxygen atoms in total. The predicted molar refractivity (Wildman–Crippen MR) is 85.5 cm³/mol. The highest BCUT2D eigenvalue weighted by Gasteiger charge is 2.29. The predicted octanol–water partition coefficient (Wildman–Crippen LogP) is 3.36. The van der Waals surface area contributed by atoms with Gasteiger partial charge >= 0.3 is 6.18 Å². The fraction of sp³-hybridized carbons (Fsp3) is 0.222. The number of halogens is 3. The molecule has 0 heterocycles. The number of benzene rings is 2. The van der Waals surface area contributed by atoms with Gasteiger partial charge in [-0.2, -0.15) is 13.2 Å². The molecule has 2 aromatic rings. The molecule has 0 aliphatic heterocycles. The molecule has 1 N–H and O–H groups in total. The summed E-state index contributed by atoms with van der Waals surface area (Å²) < 4.78 is 41.5. The molecule has 2 aromatic carbocycles. The van der Waals surface area contributed by atoms with Crippen molar-refractivity contribution in [2.45, 2.75) is 19.2 Å². The van der Waals surface area contributed by atoms with Crippen LogP contribution in [0.3, 0.4) is 0 Å². The molecule has 0 aliphatic rings. The number of ketones is 1. The molecule has 7 heteroatoms. The van der Waals surface area contributed by atoms with Crippen LogP contribution >= 0.6 is 0 Å². The summed E-state index contributed by atoms with van der Waals surface area (Å²) in [7, 11) is 0. The Morgan fingerprint density at radius 1 is 1.00 bits per heavy atom. The van der Waals surface area contributed by atoms with Gasteiger partial charge in [-0.25, -0.2) is 0 Å². The van der Waals surface area contributed by atoms with Crippen molar-refractivity contribution in [3.05, 3.63) is 65.7 Å². The highest BCUT2D eigenvalue weighted by atomic mass is 19.4.